The number of aryl methyl sites for hydroxylation is 1. The molecule has 0 saturated carbocycles. The smallest absolute Gasteiger partial charge is 0.130 e. The fraction of sp³-hybridized carbons (Fsp3) is 0.280. The van der Waals surface area contributed by atoms with Crippen LogP contribution >= 0.6 is 0 Å². The molecule has 0 bridgehead atoms. The molecule has 34 heavy (non-hydrogen) atoms. The van der Waals surface area contributed by atoms with Gasteiger partial charge in [-0.2, -0.15) is 5.10 Å². The van der Waals surface area contributed by atoms with Crippen molar-refractivity contribution in [3.8, 4) is 22.8 Å². The van der Waals surface area contributed by atoms with Gasteiger partial charge >= 0.3 is 0 Å². The minimum absolute atomic E-state index is 0.0706. The molecule has 5 rings (SSSR count). The quantitative estimate of drug-likeness (QED) is 0.407. The van der Waals surface area contributed by atoms with Gasteiger partial charge in [0.2, 0.25) is 0 Å². The molecule has 4 aromatic rings. The first-order valence-corrected chi connectivity index (χ1v) is 11.0. The van der Waals surface area contributed by atoms with Gasteiger partial charge in [-0.25, -0.2) is 4.98 Å². The van der Waals surface area contributed by atoms with Crippen molar-refractivity contribution in [1.82, 2.24) is 19.7 Å². The SMILES string of the molecule is COc1cc(OC)cc(N(CC2=NOC(C)C2)c2ccc3ncc(-c4cnn(C)c4)nc3c2)c1. The molecule has 9 heteroatoms. The molecule has 2 aromatic heterocycles. The third kappa shape index (κ3) is 4.36. The first kappa shape index (κ1) is 21.7. The highest BCUT2D eigenvalue weighted by molar-refractivity contribution is 5.93. The van der Waals surface area contributed by atoms with E-state index in [9.17, 15) is 0 Å². The van der Waals surface area contributed by atoms with E-state index in [0.717, 1.165) is 45.8 Å². The Morgan fingerprint density at radius 2 is 1.82 bits per heavy atom. The Morgan fingerprint density at radius 1 is 1.03 bits per heavy atom. The van der Waals surface area contributed by atoms with Crippen molar-refractivity contribution in [2.75, 3.05) is 25.7 Å². The highest BCUT2D eigenvalue weighted by Crippen LogP contribution is 2.34. The number of hydrogen-bond acceptors (Lipinski definition) is 8. The lowest BCUT2D eigenvalue weighted by atomic mass is 10.1. The highest BCUT2D eigenvalue weighted by Gasteiger charge is 2.22. The number of rotatable bonds is 7. The van der Waals surface area contributed by atoms with Crippen molar-refractivity contribution in [1.29, 1.82) is 0 Å². The number of aromatic nitrogens is 4. The number of anilines is 2. The van der Waals surface area contributed by atoms with E-state index >= 15 is 0 Å². The van der Waals surface area contributed by atoms with E-state index < -0.39 is 0 Å². The predicted octanol–water partition coefficient (Wildman–Crippen LogP) is 4.35. The molecule has 1 unspecified atom stereocenters. The Kier molecular flexibility index (Phi) is 5.75. The molecule has 1 aliphatic rings. The van der Waals surface area contributed by atoms with Crippen molar-refractivity contribution in [2.45, 2.75) is 19.4 Å². The summed E-state index contributed by atoms with van der Waals surface area (Å²) in [6, 6.07) is 11.9. The van der Waals surface area contributed by atoms with Gasteiger partial charge in [0, 0.05) is 54.8 Å². The van der Waals surface area contributed by atoms with Crippen LogP contribution in [0.1, 0.15) is 13.3 Å². The zero-order chi connectivity index (χ0) is 23.7. The van der Waals surface area contributed by atoms with Gasteiger partial charge in [-0.3, -0.25) is 9.67 Å². The summed E-state index contributed by atoms with van der Waals surface area (Å²) in [5, 5.41) is 8.53. The molecule has 0 spiro atoms. The molecule has 174 valence electrons. The number of ether oxygens (including phenoxy) is 2. The van der Waals surface area contributed by atoms with Crippen molar-refractivity contribution in [3.63, 3.8) is 0 Å². The van der Waals surface area contributed by atoms with Gasteiger partial charge < -0.3 is 19.2 Å². The standard InChI is InChI=1S/C25H26N6O3/c1-16-7-18(29-34-16)15-31(20-8-21(32-3)11-22(9-20)33-4)19-5-6-23-24(10-19)28-25(13-26-23)17-12-27-30(2)14-17/h5-6,8-14,16H,7,15H2,1-4H3. The lowest BCUT2D eigenvalue weighted by Gasteiger charge is -2.26. The van der Waals surface area contributed by atoms with Crippen molar-refractivity contribution >= 4 is 28.1 Å². The molecule has 1 aliphatic heterocycles. The van der Waals surface area contributed by atoms with Gasteiger partial charge in [0.1, 0.15) is 17.6 Å². The normalized spacial score (nSPS) is 15.2. The predicted molar refractivity (Wildman–Crippen MR) is 131 cm³/mol. The largest absolute Gasteiger partial charge is 0.497 e. The number of fused-ring (bicyclic) bond motifs is 1. The number of methoxy groups -OCH3 is 2. The Balaban J connectivity index is 1.59. The molecular weight excluding hydrogens is 432 g/mol. The van der Waals surface area contributed by atoms with Crippen molar-refractivity contribution < 1.29 is 14.3 Å². The van der Waals surface area contributed by atoms with Gasteiger partial charge in [0.25, 0.3) is 0 Å². The fourth-order valence-corrected chi connectivity index (χ4v) is 3.99. The van der Waals surface area contributed by atoms with Crippen LogP contribution in [0.3, 0.4) is 0 Å². The van der Waals surface area contributed by atoms with Gasteiger partial charge in [0.05, 0.1) is 55.6 Å². The van der Waals surface area contributed by atoms with Crippen molar-refractivity contribution in [3.05, 3.63) is 55.0 Å². The summed E-state index contributed by atoms with van der Waals surface area (Å²) in [5.41, 5.74) is 6.12. The summed E-state index contributed by atoms with van der Waals surface area (Å²) in [7, 11) is 5.17. The third-order valence-corrected chi connectivity index (χ3v) is 5.71. The molecule has 9 nitrogen and oxygen atoms in total. The lowest BCUT2D eigenvalue weighted by Crippen LogP contribution is -2.25. The van der Waals surface area contributed by atoms with Crippen LogP contribution in [-0.4, -0.2) is 52.3 Å². The molecule has 0 saturated heterocycles. The summed E-state index contributed by atoms with van der Waals surface area (Å²) >= 11 is 0. The second-order valence-corrected chi connectivity index (χ2v) is 8.27. The Bertz CT molecular complexity index is 1340. The average Bonchev–Trinajstić information content (AvgIpc) is 3.49. The Hall–Kier alpha value is -4.14. The van der Waals surface area contributed by atoms with Crippen LogP contribution in [0.4, 0.5) is 11.4 Å². The average molecular weight is 459 g/mol. The molecule has 3 heterocycles. The van der Waals surface area contributed by atoms with Crippen LogP contribution in [-0.2, 0) is 11.9 Å². The van der Waals surface area contributed by atoms with Crippen LogP contribution in [0.5, 0.6) is 11.5 Å². The molecule has 0 fully saturated rings. The zero-order valence-electron chi connectivity index (χ0n) is 19.6. The van der Waals surface area contributed by atoms with Crippen LogP contribution in [0, 0.1) is 0 Å². The highest BCUT2D eigenvalue weighted by atomic mass is 16.6. The zero-order valence-corrected chi connectivity index (χ0v) is 19.6. The first-order valence-electron chi connectivity index (χ1n) is 11.0. The van der Waals surface area contributed by atoms with Crippen LogP contribution in [0.15, 0.2) is 60.1 Å². The van der Waals surface area contributed by atoms with Crippen LogP contribution < -0.4 is 14.4 Å². The molecule has 0 aliphatic carbocycles. The fourth-order valence-electron chi connectivity index (χ4n) is 3.99. The maximum atomic E-state index is 5.52. The molecule has 1 atom stereocenters. The van der Waals surface area contributed by atoms with E-state index in [2.05, 4.69) is 20.1 Å². The molecule has 2 aromatic carbocycles. The van der Waals surface area contributed by atoms with Crippen LogP contribution in [0.25, 0.3) is 22.3 Å². The Labute approximate surface area is 197 Å². The second kappa shape index (κ2) is 9.01. The van der Waals surface area contributed by atoms with E-state index in [1.807, 2.05) is 56.6 Å². The Morgan fingerprint density at radius 3 is 2.47 bits per heavy atom. The third-order valence-electron chi connectivity index (χ3n) is 5.71. The van der Waals surface area contributed by atoms with Gasteiger partial charge in [-0.05, 0) is 25.1 Å². The van der Waals surface area contributed by atoms with Gasteiger partial charge in [0.15, 0.2) is 0 Å². The molecule has 0 radical (unpaired) electrons. The molecule has 0 amide bonds. The number of nitrogens with zero attached hydrogens (tertiary/aromatic N) is 6. The van der Waals surface area contributed by atoms with Crippen molar-refractivity contribution in [2.24, 2.45) is 12.2 Å². The van der Waals surface area contributed by atoms with E-state index in [0.29, 0.717) is 18.0 Å². The number of oxime groups is 1. The minimum Gasteiger partial charge on any atom is -0.497 e. The van der Waals surface area contributed by atoms with E-state index in [-0.39, 0.29) is 6.10 Å². The molecular formula is C25H26N6O3. The number of hydrogen-bond donors (Lipinski definition) is 0. The van der Waals surface area contributed by atoms with Gasteiger partial charge in [-0.15, -0.1) is 0 Å². The maximum Gasteiger partial charge on any atom is 0.130 e. The van der Waals surface area contributed by atoms with E-state index in [1.165, 1.54) is 0 Å². The monoisotopic (exact) mass is 458 g/mol. The van der Waals surface area contributed by atoms with Crippen LogP contribution in [0.2, 0.25) is 0 Å². The summed E-state index contributed by atoms with van der Waals surface area (Å²) < 4.78 is 12.8. The first-order chi connectivity index (χ1) is 16.5. The minimum atomic E-state index is 0.0706. The summed E-state index contributed by atoms with van der Waals surface area (Å²) in [5.74, 6) is 1.41. The van der Waals surface area contributed by atoms with E-state index in [4.69, 9.17) is 19.3 Å². The van der Waals surface area contributed by atoms with Gasteiger partial charge in [-0.1, -0.05) is 5.16 Å². The summed E-state index contributed by atoms with van der Waals surface area (Å²) in [4.78, 5) is 17.1. The molecule has 0 N–H and O–H groups in total. The second-order valence-electron chi connectivity index (χ2n) is 8.27. The van der Waals surface area contributed by atoms with E-state index in [1.54, 1.807) is 31.3 Å². The topological polar surface area (TPSA) is 86.9 Å². The summed E-state index contributed by atoms with van der Waals surface area (Å²) in [6.45, 7) is 2.57. The maximum absolute atomic E-state index is 5.52. The lowest BCUT2D eigenvalue weighted by molar-refractivity contribution is 0.0995. The number of benzene rings is 2. The summed E-state index contributed by atoms with van der Waals surface area (Å²) in [6.07, 6.45) is 6.33.